The van der Waals surface area contributed by atoms with Crippen LogP contribution in [-0.4, -0.2) is 18.6 Å². The van der Waals surface area contributed by atoms with Gasteiger partial charge in [-0.3, -0.25) is 0 Å². The summed E-state index contributed by atoms with van der Waals surface area (Å²) in [6, 6.07) is 1.14. The van der Waals surface area contributed by atoms with E-state index in [1.807, 2.05) is 0 Å². The first-order valence-corrected chi connectivity index (χ1v) is 7.73. The van der Waals surface area contributed by atoms with Gasteiger partial charge in [0.1, 0.15) is 0 Å². The van der Waals surface area contributed by atoms with Crippen LogP contribution < -0.4 is 11.1 Å². The van der Waals surface area contributed by atoms with Crippen molar-refractivity contribution in [1.82, 2.24) is 5.32 Å². The number of rotatable bonds is 12. The molecule has 0 heterocycles. The summed E-state index contributed by atoms with van der Waals surface area (Å²) in [7, 11) is 0. The average molecular weight is 242 g/mol. The monoisotopic (exact) mass is 242 g/mol. The van der Waals surface area contributed by atoms with Crippen LogP contribution in [0.2, 0.25) is 0 Å². The molecule has 0 saturated heterocycles. The molecule has 17 heavy (non-hydrogen) atoms. The molecule has 0 aliphatic rings. The Hall–Kier alpha value is -0.0800. The summed E-state index contributed by atoms with van der Waals surface area (Å²) in [5, 5.41) is 3.64. The summed E-state index contributed by atoms with van der Waals surface area (Å²) in [6.45, 7) is 7.91. The third-order valence-corrected chi connectivity index (χ3v) is 3.49. The lowest BCUT2D eigenvalue weighted by Crippen LogP contribution is -2.30. The Morgan fingerprint density at radius 3 is 2.18 bits per heavy atom. The van der Waals surface area contributed by atoms with Crippen LogP contribution in [0, 0.1) is 0 Å². The first-order valence-electron chi connectivity index (χ1n) is 7.73. The molecule has 2 unspecified atom stereocenters. The Morgan fingerprint density at radius 2 is 1.59 bits per heavy atom. The van der Waals surface area contributed by atoms with Crippen molar-refractivity contribution in [3.8, 4) is 0 Å². The van der Waals surface area contributed by atoms with Crippen molar-refractivity contribution in [3.05, 3.63) is 0 Å². The van der Waals surface area contributed by atoms with E-state index in [9.17, 15) is 0 Å². The van der Waals surface area contributed by atoms with Crippen LogP contribution in [0.4, 0.5) is 0 Å². The van der Waals surface area contributed by atoms with Gasteiger partial charge in [-0.2, -0.15) is 0 Å². The molecule has 0 aromatic carbocycles. The van der Waals surface area contributed by atoms with Crippen molar-refractivity contribution in [2.24, 2.45) is 5.73 Å². The SMILES string of the molecule is CCCCCC(N)CCCNC(CC)CCC. The standard InChI is InChI=1S/C15H34N2/c1-4-7-8-11-14(16)12-9-13-17-15(6-3)10-5-2/h14-15,17H,4-13,16H2,1-3H3. The molecule has 0 saturated carbocycles. The van der Waals surface area contributed by atoms with Crippen molar-refractivity contribution < 1.29 is 0 Å². The lowest BCUT2D eigenvalue weighted by Gasteiger charge is -2.17. The Kier molecular flexibility index (Phi) is 12.3. The van der Waals surface area contributed by atoms with E-state index in [-0.39, 0.29) is 0 Å². The van der Waals surface area contributed by atoms with Crippen molar-refractivity contribution in [3.63, 3.8) is 0 Å². The predicted octanol–water partition coefficient (Wildman–Crippen LogP) is 3.84. The van der Waals surface area contributed by atoms with E-state index in [0.29, 0.717) is 6.04 Å². The van der Waals surface area contributed by atoms with Crippen LogP contribution in [0.15, 0.2) is 0 Å². The Balaban J connectivity index is 3.36. The van der Waals surface area contributed by atoms with Crippen LogP contribution in [-0.2, 0) is 0 Å². The summed E-state index contributed by atoms with van der Waals surface area (Å²) in [4.78, 5) is 0. The minimum atomic E-state index is 0.426. The van der Waals surface area contributed by atoms with E-state index in [2.05, 4.69) is 26.1 Å². The topological polar surface area (TPSA) is 38.0 Å². The highest BCUT2D eigenvalue weighted by Crippen LogP contribution is 2.06. The Labute approximate surface area is 109 Å². The van der Waals surface area contributed by atoms with Gasteiger partial charge in [0.2, 0.25) is 0 Å². The van der Waals surface area contributed by atoms with E-state index < -0.39 is 0 Å². The van der Waals surface area contributed by atoms with Gasteiger partial charge in [0.05, 0.1) is 0 Å². The molecule has 2 atom stereocenters. The zero-order chi connectivity index (χ0) is 12.9. The van der Waals surface area contributed by atoms with Crippen LogP contribution in [0.3, 0.4) is 0 Å². The molecule has 104 valence electrons. The van der Waals surface area contributed by atoms with Crippen LogP contribution in [0.5, 0.6) is 0 Å². The first kappa shape index (κ1) is 16.9. The summed E-state index contributed by atoms with van der Waals surface area (Å²) in [5.41, 5.74) is 6.09. The van der Waals surface area contributed by atoms with Gasteiger partial charge in [0, 0.05) is 12.1 Å². The van der Waals surface area contributed by atoms with Crippen molar-refractivity contribution in [2.45, 2.75) is 90.6 Å². The summed E-state index contributed by atoms with van der Waals surface area (Å²) >= 11 is 0. The zero-order valence-corrected chi connectivity index (χ0v) is 12.3. The largest absolute Gasteiger partial charge is 0.328 e. The van der Waals surface area contributed by atoms with Gasteiger partial charge in [0.25, 0.3) is 0 Å². The molecule has 2 nitrogen and oxygen atoms in total. The number of nitrogens with one attached hydrogen (secondary N) is 1. The van der Waals surface area contributed by atoms with E-state index in [1.165, 1.54) is 57.8 Å². The highest BCUT2D eigenvalue weighted by molar-refractivity contribution is 4.66. The zero-order valence-electron chi connectivity index (χ0n) is 12.3. The van der Waals surface area contributed by atoms with Crippen molar-refractivity contribution >= 4 is 0 Å². The number of nitrogens with two attached hydrogens (primary N) is 1. The second-order valence-corrected chi connectivity index (χ2v) is 5.25. The molecule has 0 bridgehead atoms. The second-order valence-electron chi connectivity index (χ2n) is 5.25. The molecular weight excluding hydrogens is 208 g/mol. The third kappa shape index (κ3) is 10.8. The van der Waals surface area contributed by atoms with Crippen molar-refractivity contribution in [2.75, 3.05) is 6.54 Å². The molecule has 0 fully saturated rings. The van der Waals surface area contributed by atoms with Gasteiger partial charge < -0.3 is 11.1 Å². The normalized spacial score (nSPS) is 14.8. The van der Waals surface area contributed by atoms with E-state index in [1.54, 1.807) is 0 Å². The Bertz CT molecular complexity index is 148. The summed E-state index contributed by atoms with van der Waals surface area (Å²) in [6.07, 6.45) is 11.4. The van der Waals surface area contributed by atoms with Crippen LogP contribution >= 0.6 is 0 Å². The molecule has 0 aliphatic heterocycles. The quantitative estimate of drug-likeness (QED) is 0.510. The smallest absolute Gasteiger partial charge is 0.00643 e. The minimum Gasteiger partial charge on any atom is -0.328 e. The maximum atomic E-state index is 6.09. The highest BCUT2D eigenvalue weighted by atomic mass is 14.9. The van der Waals surface area contributed by atoms with E-state index >= 15 is 0 Å². The molecule has 2 heteroatoms. The van der Waals surface area contributed by atoms with Gasteiger partial charge in [-0.1, -0.05) is 46.5 Å². The fourth-order valence-electron chi connectivity index (χ4n) is 2.27. The maximum absolute atomic E-state index is 6.09. The first-order chi connectivity index (χ1) is 8.24. The fourth-order valence-corrected chi connectivity index (χ4v) is 2.27. The minimum absolute atomic E-state index is 0.426. The molecule has 3 N–H and O–H groups in total. The third-order valence-electron chi connectivity index (χ3n) is 3.49. The van der Waals surface area contributed by atoms with Crippen LogP contribution in [0.1, 0.15) is 78.6 Å². The van der Waals surface area contributed by atoms with Gasteiger partial charge in [-0.15, -0.1) is 0 Å². The van der Waals surface area contributed by atoms with Gasteiger partial charge in [0.15, 0.2) is 0 Å². The van der Waals surface area contributed by atoms with E-state index in [4.69, 9.17) is 5.73 Å². The van der Waals surface area contributed by atoms with Crippen LogP contribution in [0.25, 0.3) is 0 Å². The van der Waals surface area contributed by atoms with Gasteiger partial charge in [-0.05, 0) is 38.6 Å². The molecular formula is C15H34N2. The molecule has 0 amide bonds. The summed E-state index contributed by atoms with van der Waals surface area (Å²) in [5.74, 6) is 0. The summed E-state index contributed by atoms with van der Waals surface area (Å²) < 4.78 is 0. The lowest BCUT2D eigenvalue weighted by atomic mass is 10.0. The predicted molar refractivity (Wildman–Crippen MR) is 78.3 cm³/mol. The fraction of sp³-hybridized carbons (Fsp3) is 1.00. The highest BCUT2D eigenvalue weighted by Gasteiger charge is 2.05. The Morgan fingerprint density at radius 1 is 0.882 bits per heavy atom. The number of hydrogen-bond acceptors (Lipinski definition) is 2. The maximum Gasteiger partial charge on any atom is 0.00643 e. The molecule has 0 rings (SSSR count). The molecule has 0 aromatic heterocycles. The molecule has 0 radical (unpaired) electrons. The molecule has 0 aromatic rings. The molecule has 0 spiro atoms. The average Bonchev–Trinajstić information content (AvgIpc) is 2.33. The number of hydrogen-bond donors (Lipinski definition) is 2. The second kappa shape index (κ2) is 12.4. The van der Waals surface area contributed by atoms with Gasteiger partial charge in [-0.25, -0.2) is 0 Å². The van der Waals surface area contributed by atoms with Gasteiger partial charge >= 0.3 is 0 Å². The lowest BCUT2D eigenvalue weighted by molar-refractivity contribution is 0.438. The molecule has 0 aliphatic carbocycles. The van der Waals surface area contributed by atoms with Crippen molar-refractivity contribution in [1.29, 1.82) is 0 Å². The number of unbranched alkanes of at least 4 members (excludes halogenated alkanes) is 2. The van der Waals surface area contributed by atoms with E-state index in [0.717, 1.165) is 12.6 Å².